The molecule has 0 amide bonds. The lowest BCUT2D eigenvalue weighted by Gasteiger charge is -2.17. The second-order valence-electron chi connectivity index (χ2n) is 3.56. The topological polar surface area (TPSA) is 87.7 Å². The van der Waals surface area contributed by atoms with Crippen molar-refractivity contribution in [3.05, 3.63) is 15.0 Å². The molecule has 2 rings (SSSR count). The molecule has 4 atom stereocenters. The molecule has 96 valence electrons. The molecule has 0 spiro atoms. The van der Waals surface area contributed by atoms with Crippen LogP contribution in [-0.2, 0) is 4.74 Å². The second kappa shape index (κ2) is 5.00. The molecular weight excluding hydrogens is 339 g/mol. The first-order valence-corrected chi connectivity index (χ1v) is 6.23. The molecular formula is C8H9BrCl2N2O4. The molecule has 17 heavy (non-hydrogen) atoms. The number of aliphatic hydroxyl groups is 3. The van der Waals surface area contributed by atoms with E-state index in [1.54, 1.807) is 0 Å². The molecule has 9 heteroatoms. The van der Waals surface area contributed by atoms with Crippen molar-refractivity contribution < 1.29 is 20.1 Å². The molecule has 0 radical (unpaired) electrons. The van der Waals surface area contributed by atoms with Crippen LogP contribution in [0.25, 0.3) is 0 Å². The van der Waals surface area contributed by atoms with Crippen LogP contribution in [0.15, 0.2) is 4.73 Å². The second-order valence-corrected chi connectivity index (χ2v) is 4.99. The molecule has 6 nitrogen and oxygen atoms in total. The Labute approximate surface area is 115 Å². The Morgan fingerprint density at radius 3 is 2.41 bits per heavy atom. The van der Waals surface area contributed by atoms with Gasteiger partial charge in [-0.2, -0.15) is 0 Å². The Morgan fingerprint density at radius 1 is 1.35 bits per heavy atom. The smallest absolute Gasteiger partial charge is 0.182 e. The van der Waals surface area contributed by atoms with Crippen LogP contribution in [0.2, 0.25) is 10.3 Å². The minimum atomic E-state index is -1.23. The van der Waals surface area contributed by atoms with Crippen LogP contribution >= 0.6 is 39.1 Å². The van der Waals surface area contributed by atoms with E-state index in [0.717, 1.165) is 0 Å². The molecule has 0 aromatic carbocycles. The minimum Gasteiger partial charge on any atom is -0.394 e. The number of hydrogen-bond donors (Lipinski definition) is 3. The molecule has 1 aliphatic heterocycles. The van der Waals surface area contributed by atoms with Crippen molar-refractivity contribution in [1.82, 2.24) is 9.55 Å². The Hall–Kier alpha value is 0.110. The molecule has 3 N–H and O–H groups in total. The Kier molecular flexibility index (Phi) is 3.99. The van der Waals surface area contributed by atoms with Crippen molar-refractivity contribution >= 4 is 39.1 Å². The lowest BCUT2D eigenvalue weighted by Crippen LogP contribution is -2.33. The standard InChI is InChI=1S/C8H9BrCl2N2O4/c9-8-12-5(10)6(11)13(8)7-4(16)3(15)2(1-14)17-7/h2-4,7,14-16H,1H2/t2-,3+,4-,7-/m1/s1. The molecule has 0 unspecified atom stereocenters. The number of halogens is 3. The highest BCUT2D eigenvalue weighted by Crippen LogP contribution is 2.36. The van der Waals surface area contributed by atoms with E-state index < -0.39 is 31.1 Å². The van der Waals surface area contributed by atoms with E-state index >= 15 is 0 Å². The zero-order chi connectivity index (χ0) is 12.7. The van der Waals surface area contributed by atoms with Crippen molar-refractivity contribution in [2.75, 3.05) is 6.61 Å². The fourth-order valence-corrected chi connectivity index (χ4v) is 2.82. The van der Waals surface area contributed by atoms with E-state index in [-0.39, 0.29) is 15.0 Å². The summed E-state index contributed by atoms with van der Waals surface area (Å²) in [6.07, 6.45) is -4.26. The molecule has 0 aliphatic carbocycles. The van der Waals surface area contributed by atoms with Crippen LogP contribution in [0.1, 0.15) is 6.23 Å². The molecule has 1 aliphatic rings. The van der Waals surface area contributed by atoms with E-state index in [1.807, 2.05) is 0 Å². The largest absolute Gasteiger partial charge is 0.394 e. The number of aliphatic hydroxyl groups excluding tert-OH is 3. The van der Waals surface area contributed by atoms with Crippen LogP contribution < -0.4 is 0 Å². The van der Waals surface area contributed by atoms with Crippen molar-refractivity contribution in [2.45, 2.75) is 24.5 Å². The first-order chi connectivity index (χ1) is 7.97. The number of nitrogens with zero attached hydrogens (tertiary/aromatic N) is 2. The maximum Gasteiger partial charge on any atom is 0.182 e. The predicted molar refractivity (Wildman–Crippen MR) is 63.0 cm³/mol. The van der Waals surface area contributed by atoms with Gasteiger partial charge < -0.3 is 20.1 Å². The van der Waals surface area contributed by atoms with Crippen LogP contribution in [0.4, 0.5) is 0 Å². The molecule has 1 fully saturated rings. The predicted octanol–water partition coefficient (Wildman–Crippen LogP) is 0.564. The maximum atomic E-state index is 9.81. The van der Waals surface area contributed by atoms with E-state index in [4.69, 9.17) is 33.0 Å². The molecule has 0 bridgehead atoms. The lowest BCUT2D eigenvalue weighted by molar-refractivity contribution is -0.0537. The van der Waals surface area contributed by atoms with Gasteiger partial charge in [0.1, 0.15) is 18.3 Å². The summed E-state index contributed by atoms with van der Waals surface area (Å²) >= 11 is 14.7. The number of ether oxygens (including phenoxy) is 1. The van der Waals surface area contributed by atoms with Gasteiger partial charge in [0, 0.05) is 0 Å². The fourth-order valence-electron chi connectivity index (χ4n) is 1.67. The highest BCUT2D eigenvalue weighted by atomic mass is 79.9. The number of hydrogen-bond acceptors (Lipinski definition) is 5. The SMILES string of the molecule is OC[C@H]1O[C@@H](n2c(Br)nc(Cl)c2Cl)[C@H](O)[C@H]1O. The number of rotatable bonds is 2. The van der Waals surface area contributed by atoms with Gasteiger partial charge in [0.25, 0.3) is 0 Å². The van der Waals surface area contributed by atoms with Crippen LogP contribution in [-0.4, -0.2) is 49.8 Å². The summed E-state index contributed by atoms with van der Waals surface area (Å²) in [7, 11) is 0. The maximum absolute atomic E-state index is 9.81. The van der Waals surface area contributed by atoms with Gasteiger partial charge in [0.15, 0.2) is 21.3 Å². The average molecular weight is 348 g/mol. The van der Waals surface area contributed by atoms with E-state index in [1.165, 1.54) is 4.57 Å². The number of aromatic nitrogens is 2. The van der Waals surface area contributed by atoms with Crippen molar-refractivity contribution in [3.8, 4) is 0 Å². The van der Waals surface area contributed by atoms with E-state index in [9.17, 15) is 10.2 Å². The van der Waals surface area contributed by atoms with Gasteiger partial charge in [-0.05, 0) is 15.9 Å². The monoisotopic (exact) mass is 346 g/mol. The van der Waals surface area contributed by atoms with Gasteiger partial charge in [-0.15, -0.1) is 0 Å². The number of imidazole rings is 1. The van der Waals surface area contributed by atoms with Crippen LogP contribution in [0.3, 0.4) is 0 Å². The first-order valence-electron chi connectivity index (χ1n) is 4.68. The van der Waals surface area contributed by atoms with Crippen molar-refractivity contribution in [1.29, 1.82) is 0 Å². The lowest BCUT2D eigenvalue weighted by atomic mass is 10.1. The molecule has 1 saturated heterocycles. The van der Waals surface area contributed by atoms with Gasteiger partial charge in [-0.25, -0.2) is 4.98 Å². The van der Waals surface area contributed by atoms with Gasteiger partial charge in [-0.3, -0.25) is 4.57 Å². The summed E-state index contributed by atoms with van der Waals surface area (Å²) in [5.74, 6) is 0. The average Bonchev–Trinajstić information content (AvgIpc) is 2.69. The van der Waals surface area contributed by atoms with Crippen molar-refractivity contribution in [3.63, 3.8) is 0 Å². The Bertz CT molecular complexity index is 430. The summed E-state index contributed by atoms with van der Waals surface area (Å²) < 4.78 is 6.86. The van der Waals surface area contributed by atoms with E-state index in [2.05, 4.69) is 20.9 Å². The van der Waals surface area contributed by atoms with Gasteiger partial charge in [0.2, 0.25) is 0 Å². The third kappa shape index (κ3) is 2.21. The first kappa shape index (κ1) is 13.5. The molecule has 1 aromatic rings. The van der Waals surface area contributed by atoms with Crippen LogP contribution in [0.5, 0.6) is 0 Å². The molecule has 0 saturated carbocycles. The Balaban J connectivity index is 2.35. The highest BCUT2D eigenvalue weighted by molar-refractivity contribution is 9.10. The third-order valence-electron chi connectivity index (χ3n) is 2.54. The van der Waals surface area contributed by atoms with E-state index in [0.29, 0.717) is 0 Å². The summed E-state index contributed by atoms with van der Waals surface area (Å²) in [4.78, 5) is 3.84. The van der Waals surface area contributed by atoms with Crippen molar-refractivity contribution in [2.24, 2.45) is 0 Å². The summed E-state index contributed by atoms with van der Waals surface area (Å²) in [6, 6.07) is 0. The third-order valence-corrected chi connectivity index (χ3v) is 3.82. The molecule has 2 heterocycles. The van der Waals surface area contributed by atoms with Gasteiger partial charge in [0.05, 0.1) is 6.61 Å². The minimum absolute atomic E-state index is 0.0521. The quantitative estimate of drug-likeness (QED) is 0.727. The van der Waals surface area contributed by atoms with Gasteiger partial charge >= 0.3 is 0 Å². The normalized spacial score (nSPS) is 33.3. The Morgan fingerprint density at radius 2 is 2.00 bits per heavy atom. The van der Waals surface area contributed by atoms with Crippen LogP contribution in [0, 0.1) is 0 Å². The molecule has 1 aromatic heterocycles. The summed E-state index contributed by atoms with van der Waals surface area (Å²) in [6.45, 7) is -0.410. The zero-order valence-corrected chi connectivity index (χ0v) is 11.4. The fraction of sp³-hybridized carbons (Fsp3) is 0.625. The summed E-state index contributed by atoms with van der Waals surface area (Å²) in [5, 5.41) is 28.5. The van der Waals surface area contributed by atoms with Gasteiger partial charge in [-0.1, -0.05) is 23.2 Å². The summed E-state index contributed by atoms with van der Waals surface area (Å²) in [5.41, 5.74) is 0. The zero-order valence-electron chi connectivity index (χ0n) is 8.29. The highest BCUT2D eigenvalue weighted by Gasteiger charge is 2.44.